The van der Waals surface area contributed by atoms with Gasteiger partial charge in [-0.05, 0) is 6.42 Å². The third-order valence-corrected chi connectivity index (χ3v) is 3.01. The van der Waals surface area contributed by atoms with Gasteiger partial charge in [0.25, 0.3) is 0 Å². The SMILES string of the molecule is CCCNC(=O)CN(C)C(=O)CSCCC(=O)O. The Labute approximate surface area is 111 Å². The lowest BCUT2D eigenvalue weighted by atomic mass is 10.4. The van der Waals surface area contributed by atoms with Gasteiger partial charge in [-0.25, -0.2) is 0 Å². The number of nitrogens with one attached hydrogen (secondary N) is 1. The van der Waals surface area contributed by atoms with Gasteiger partial charge in [-0.1, -0.05) is 6.92 Å². The Morgan fingerprint density at radius 2 is 2.00 bits per heavy atom. The molecule has 0 saturated heterocycles. The number of carbonyl (C=O) groups excluding carboxylic acids is 2. The number of thioether (sulfide) groups is 1. The van der Waals surface area contributed by atoms with Gasteiger partial charge in [-0.2, -0.15) is 11.8 Å². The molecule has 0 aliphatic carbocycles. The van der Waals surface area contributed by atoms with E-state index < -0.39 is 5.97 Å². The molecular formula is C11H20N2O4S. The van der Waals surface area contributed by atoms with Crippen LogP contribution in [0.4, 0.5) is 0 Å². The first kappa shape index (κ1) is 16.8. The van der Waals surface area contributed by atoms with E-state index in [1.165, 1.54) is 16.7 Å². The number of carbonyl (C=O) groups is 3. The molecule has 0 aromatic heterocycles. The van der Waals surface area contributed by atoms with Gasteiger partial charge in [-0.3, -0.25) is 14.4 Å². The van der Waals surface area contributed by atoms with E-state index in [0.717, 1.165) is 6.42 Å². The zero-order chi connectivity index (χ0) is 14.0. The molecule has 0 spiro atoms. The quantitative estimate of drug-likeness (QED) is 0.587. The molecule has 0 rings (SSSR count). The summed E-state index contributed by atoms with van der Waals surface area (Å²) in [7, 11) is 1.56. The average molecular weight is 276 g/mol. The van der Waals surface area contributed by atoms with E-state index in [-0.39, 0.29) is 30.5 Å². The van der Waals surface area contributed by atoms with Crippen LogP contribution in [0.5, 0.6) is 0 Å². The van der Waals surface area contributed by atoms with E-state index in [4.69, 9.17) is 5.11 Å². The van der Waals surface area contributed by atoms with Crippen molar-refractivity contribution in [1.82, 2.24) is 10.2 Å². The molecule has 0 atom stereocenters. The maximum absolute atomic E-state index is 11.6. The van der Waals surface area contributed by atoms with Crippen molar-refractivity contribution in [3.63, 3.8) is 0 Å². The van der Waals surface area contributed by atoms with E-state index in [1.54, 1.807) is 7.05 Å². The third kappa shape index (κ3) is 8.86. The van der Waals surface area contributed by atoms with Crippen molar-refractivity contribution in [2.24, 2.45) is 0 Å². The van der Waals surface area contributed by atoms with Crippen molar-refractivity contribution in [3.05, 3.63) is 0 Å². The molecule has 2 amide bonds. The fourth-order valence-electron chi connectivity index (χ4n) is 1.05. The highest BCUT2D eigenvalue weighted by Gasteiger charge is 2.12. The molecule has 6 nitrogen and oxygen atoms in total. The van der Waals surface area contributed by atoms with Gasteiger partial charge >= 0.3 is 5.97 Å². The van der Waals surface area contributed by atoms with E-state index in [2.05, 4.69) is 5.32 Å². The normalized spacial score (nSPS) is 9.89. The molecule has 0 aromatic carbocycles. The molecular weight excluding hydrogens is 256 g/mol. The lowest BCUT2D eigenvalue weighted by molar-refractivity contribution is -0.136. The lowest BCUT2D eigenvalue weighted by Gasteiger charge is -2.16. The highest BCUT2D eigenvalue weighted by molar-refractivity contribution is 7.99. The molecule has 0 saturated carbocycles. The Morgan fingerprint density at radius 1 is 1.33 bits per heavy atom. The van der Waals surface area contributed by atoms with Crippen LogP contribution < -0.4 is 5.32 Å². The highest BCUT2D eigenvalue weighted by atomic mass is 32.2. The van der Waals surface area contributed by atoms with Crippen LogP contribution in [0.1, 0.15) is 19.8 Å². The number of amides is 2. The van der Waals surface area contributed by atoms with Gasteiger partial charge in [0.1, 0.15) is 0 Å². The smallest absolute Gasteiger partial charge is 0.304 e. The third-order valence-electron chi connectivity index (χ3n) is 2.06. The summed E-state index contributed by atoms with van der Waals surface area (Å²) >= 11 is 1.26. The second-order valence-electron chi connectivity index (χ2n) is 3.80. The molecule has 2 N–H and O–H groups in total. The number of rotatable bonds is 9. The predicted molar refractivity (Wildman–Crippen MR) is 70.5 cm³/mol. The number of nitrogens with zero attached hydrogens (tertiary/aromatic N) is 1. The molecule has 0 bridgehead atoms. The molecule has 0 aliphatic heterocycles. The van der Waals surface area contributed by atoms with E-state index in [0.29, 0.717) is 12.3 Å². The average Bonchev–Trinajstić information content (AvgIpc) is 2.31. The van der Waals surface area contributed by atoms with Crippen LogP contribution in [0, 0.1) is 0 Å². The Kier molecular flexibility index (Phi) is 9.08. The van der Waals surface area contributed by atoms with Crippen molar-refractivity contribution in [2.45, 2.75) is 19.8 Å². The van der Waals surface area contributed by atoms with Crippen molar-refractivity contribution in [3.8, 4) is 0 Å². The van der Waals surface area contributed by atoms with Crippen LogP contribution in [0.15, 0.2) is 0 Å². The Hall–Kier alpha value is -1.24. The van der Waals surface area contributed by atoms with Crippen LogP contribution in [-0.4, -0.2) is 59.4 Å². The summed E-state index contributed by atoms with van der Waals surface area (Å²) in [6, 6.07) is 0. The number of likely N-dealkylation sites (N-methyl/N-ethyl adjacent to an activating group) is 1. The standard InChI is InChI=1S/C11H20N2O4S/c1-3-5-12-9(14)7-13(2)10(15)8-18-6-4-11(16)17/h3-8H2,1-2H3,(H,12,14)(H,16,17). The molecule has 0 unspecified atom stereocenters. The molecule has 104 valence electrons. The maximum atomic E-state index is 11.6. The summed E-state index contributed by atoms with van der Waals surface area (Å²) in [6.45, 7) is 2.60. The number of aliphatic carboxylic acids is 1. The van der Waals surface area contributed by atoms with Gasteiger partial charge in [0, 0.05) is 19.3 Å². The monoisotopic (exact) mass is 276 g/mol. The fraction of sp³-hybridized carbons (Fsp3) is 0.727. The van der Waals surface area contributed by atoms with E-state index in [9.17, 15) is 14.4 Å². The Morgan fingerprint density at radius 3 is 2.56 bits per heavy atom. The number of carboxylic acids is 1. The zero-order valence-corrected chi connectivity index (χ0v) is 11.6. The first-order valence-corrected chi connectivity index (χ1v) is 6.93. The Bertz CT molecular complexity index is 297. The largest absolute Gasteiger partial charge is 0.481 e. The van der Waals surface area contributed by atoms with Gasteiger partial charge in [-0.15, -0.1) is 0 Å². The second kappa shape index (κ2) is 9.76. The van der Waals surface area contributed by atoms with Crippen molar-refractivity contribution in [2.75, 3.05) is 31.6 Å². The van der Waals surface area contributed by atoms with Crippen LogP contribution in [0.2, 0.25) is 0 Å². The molecule has 18 heavy (non-hydrogen) atoms. The van der Waals surface area contributed by atoms with Crippen LogP contribution in [0.3, 0.4) is 0 Å². The second-order valence-corrected chi connectivity index (χ2v) is 4.90. The van der Waals surface area contributed by atoms with Crippen molar-refractivity contribution >= 4 is 29.5 Å². The van der Waals surface area contributed by atoms with E-state index >= 15 is 0 Å². The molecule has 0 radical (unpaired) electrons. The first-order chi connectivity index (χ1) is 8.47. The summed E-state index contributed by atoms with van der Waals surface area (Å²) in [4.78, 5) is 34.5. The first-order valence-electron chi connectivity index (χ1n) is 5.77. The number of hydrogen-bond acceptors (Lipinski definition) is 4. The van der Waals surface area contributed by atoms with Crippen LogP contribution >= 0.6 is 11.8 Å². The summed E-state index contributed by atoms with van der Waals surface area (Å²) in [5.41, 5.74) is 0. The van der Waals surface area contributed by atoms with E-state index in [1.807, 2.05) is 6.92 Å². The summed E-state index contributed by atoms with van der Waals surface area (Å²) in [5.74, 6) is -0.621. The van der Waals surface area contributed by atoms with Crippen LogP contribution in [0.25, 0.3) is 0 Å². The van der Waals surface area contributed by atoms with Crippen molar-refractivity contribution in [1.29, 1.82) is 0 Å². The summed E-state index contributed by atoms with van der Waals surface area (Å²) in [6.07, 6.45) is 0.896. The lowest BCUT2D eigenvalue weighted by Crippen LogP contribution is -2.39. The van der Waals surface area contributed by atoms with Gasteiger partial charge < -0.3 is 15.3 Å². The fourth-order valence-corrected chi connectivity index (χ4v) is 1.91. The predicted octanol–water partition coefficient (Wildman–Crippen LogP) is 0.179. The van der Waals surface area contributed by atoms with Gasteiger partial charge in [0.05, 0.1) is 18.7 Å². The molecule has 0 heterocycles. The minimum absolute atomic E-state index is 0.0400. The topological polar surface area (TPSA) is 86.7 Å². The number of hydrogen-bond donors (Lipinski definition) is 2. The highest BCUT2D eigenvalue weighted by Crippen LogP contribution is 2.03. The zero-order valence-electron chi connectivity index (χ0n) is 10.8. The van der Waals surface area contributed by atoms with Gasteiger partial charge in [0.15, 0.2) is 0 Å². The minimum atomic E-state index is -0.873. The van der Waals surface area contributed by atoms with Crippen molar-refractivity contribution < 1.29 is 19.5 Å². The molecule has 0 fully saturated rings. The molecule has 0 aromatic rings. The molecule has 0 aliphatic rings. The maximum Gasteiger partial charge on any atom is 0.304 e. The molecule has 7 heteroatoms. The van der Waals surface area contributed by atoms with Gasteiger partial charge in [0.2, 0.25) is 11.8 Å². The minimum Gasteiger partial charge on any atom is -0.481 e. The number of carboxylic acid groups (broad SMARTS) is 1. The Balaban J connectivity index is 3.75. The van der Waals surface area contributed by atoms with Crippen LogP contribution in [-0.2, 0) is 14.4 Å². The summed E-state index contributed by atoms with van der Waals surface area (Å²) < 4.78 is 0. The summed E-state index contributed by atoms with van der Waals surface area (Å²) in [5, 5.41) is 11.1.